The molecule has 0 spiro atoms. The van der Waals surface area contributed by atoms with Gasteiger partial charge in [0, 0.05) is 29.1 Å². The van der Waals surface area contributed by atoms with Crippen molar-refractivity contribution in [1.82, 2.24) is 10.2 Å². The summed E-state index contributed by atoms with van der Waals surface area (Å²) in [6.45, 7) is 6.23. The van der Waals surface area contributed by atoms with Crippen LogP contribution in [0.5, 0.6) is 5.75 Å². The molecule has 1 N–H and O–H groups in total. The molecule has 2 amide bonds. The molecular weight excluding hydrogens is 641 g/mol. The molecule has 0 aliphatic rings. The van der Waals surface area contributed by atoms with E-state index in [0.717, 1.165) is 15.4 Å². The fraction of sp³-hybridized carbons (Fsp3) is 0.278. The molecule has 0 bridgehead atoms. The topological polar surface area (TPSA) is 96.0 Å². The summed E-state index contributed by atoms with van der Waals surface area (Å²) < 4.78 is 50.1. The first-order valence-electron chi connectivity index (χ1n) is 15.0. The Balaban J connectivity index is 1.88. The predicted molar refractivity (Wildman–Crippen MR) is 182 cm³/mol. The molecule has 0 aliphatic heterocycles. The molecular formula is C36H39ClFN3O5S. The number of nitrogens with zero attached hydrogens (tertiary/aromatic N) is 2. The Morgan fingerprint density at radius 2 is 1.57 bits per heavy atom. The fourth-order valence-electron chi connectivity index (χ4n) is 5.03. The second-order valence-corrected chi connectivity index (χ2v) is 14.5. The Morgan fingerprint density at radius 3 is 2.19 bits per heavy atom. The van der Waals surface area contributed by atoms with Crippen LogP contribution in [-0.2, 0) is 32.6 Å². The Bertz CT molecular complexity index is 1810. The highest BCUT2D eigenvalue weighted by atomic mass is 35.5. The summed E-state index contributed by atoms with van der Waals surface area (Å²) in [6.07, 6.45) is 0.0914. The quantitative estimate of drug-likeness (QED) is 0.183. The zero-order valence-corrected chi connectivity index (χ0v) is 28.6. The van der Waals surface area contributed by atoms with Crippen molar-refractivity contribution in [3.8, 4) is 5.75 Å². The summed E-state index contributed by atoms with van der Waals surface area (Å²) in [4.78, 5) is 29.7. The van der Waals surface area contributed by atoms with E-state index in [9.17, 15) is 18.0 Å². The number of nitrogens with one attached hydrogen (secondary N) is 1. The summed E-state index contributed by atoms with van der Waals surface area (Å²) in [6, 6.07) is 24.6. The van der Waals surface area contributed by atoms with Crippen molar-refractivity contribution < 1.29 is 27.1 Å². The maximum atomic E-state index is 15.1. The van der Waals surface area contributed by atoms with Gasteiger partial charge in [0.1, 0.15) is 24.2 Å². The van der Waals surface area contributed by atoms with E-state index in [-0.39, 0.29) is 39.9 Å². The molecule has 4 aromatic carbocycles. The lowest BCUT2D eigenvalue weighted by Gasteiger charge is -2.35. The van der Waals surface area contributed by atoms with Gasteiger partial charge in [-0.25, -0.2) is 12.8 Å². The Hall–Kier alpha value is -4.41. The van der Waals surface area contributed by atoms with E-state index in [4.69, 9.17) is 16.3 Å². The molecule has 1 atom stereocenters. The van der Waals surface area contributed by atoms with Gasteiger partial charge in [-0.3, -0.25) is 13.9 Å². The van der Waals surface area contributed by atoms with Crippen LogP contribution in [-0.4, -0.2) is 50.4 Å². The molecule has 47 heavy (non-hydrogen) atoms. The third kappa shape index (κ3) is 9.11. The number of rotatable bonds is 12. The number of methoxy groups -OCH3 is 1. The highest BCUT2D eigenvalue weighted by molar-refractivity contribution is 7.92. The monoisotopic (exact) mass is 679 g/mol. The van der Waals surface area contributed by atoms with E-state index in [1.807, 2.05) is 58.0 Å². The second kappa shape index (κ2) is 15.0. The summed E-state index contributed by atoms with van der Waals surface area (Å²) in [5.41, 5.74) is 1.13. The van der Waals surface area contributed by atoms with Crippen molar-refractivity contribution in [2.45, 2.75) is 57.1 Å². The number of carbonyl (C=O) groups excluding carboxylic acids is 2. The standard InChI is InChI=1S/C36H39ClFN3O5S/c1-25-15-18-29(19-16-25)47(44,45)41(31-22-28(37)17-20-33(31)46-5)24-34(42)40(23-27-13-9-10-14-30(27)38)32(35(43)39-36(2,3)4)21-26-11-7-6-8-12-26/h6-20,22,32H,21,23-24H2,1-5H3,(H,39,43)/t32-/m1/s1. The number of sulfonamides is 1. The lowest BCUT2D eigenvalue weighted by Crippen LogP contribution is -2.56. The lowest BCUT2D eigenvalue weighted by atomic mass is 10.0. The predicted octanol–water partition coefficient (Wildman–Crippen LogP) is 6.55. The van der Waals surface area contributed by atoms with Crippen LogP contribution < -0.4 is 14.4 Å². The number of halogens is 2. The number of hydrogen-bond donors (Lipinski definition) is 1. The maximum absolute atomic E-state index is 15.1. The zero-order valence-electron chi connectivity index (χ0n) is 27.0. The van der Waals surface area contributed by atoms with Gasteiger partial charge < -0.3 is 15.0 Å². The average Bonchev–Trinajstić information content (AvgIpc) is 3.02. The molecule has 11 heteroatoms. The minimum Gasteiger partial charge on any atom is -0.495 e. The van der Waals surface area contributed by atoms with Gasteiger partial charge in [0.05, 0.1) is 17.7 Å². The molecule has 4 rings (SSSR count). The van der Waals surface area contributed by atoms with E-state index in [2.05, 4.69) is 5.32 Å². The van der Waals surface area contributed by atoms with E-state index >= 15 is 4.39 Å². The fourth-order valence-corrected chi connectivity index (χ4v) is 6.61. The molecule has 0 radical (unpaired) electrons. The van der Waals surface area contributed by atoms with Crippen LogP contribution in [0.3, 0.4) is 0 Å². The number of aryl methyl sites for hydroxylation is 1. The van der Waals surface area contributed by atoms with Crippen LogP contribution in [0, 0.1) is 12.7 Å². The van der Waals surface area contributed by atoms with Crippen molar-refractivity contribution in [2.75, 3.05) is 18.0 Å². The zero-order chi connectivity index (χ0) is 34.4. The van der Waals surface area contributed by atoms with Gasteiger partial charge in [-0.1, -0.05) is 77.8 Å². The van der Waals surface area contributed by atoms with Gasteiger partial charge >= 0.3 is 0 Å². The summed E-state index contributed by atoms with van der Waals surface area (Å²) in [5, 5.41) is 3.17. The lowest BCUT2D eigenvalue weighted by molar-refractivity contribution is -0.140. The number of ether oxygens (including phenoxy) is 1. The normalized spacial score (nSPS) is 12.2. The highest BCUT2D eigenvalue weighted by Crippen LogP contribution is 2.35. The number of amides is 2. The third-order valence-corrected chi connectivity index (χ3v) is 9.37. The van der Waals surface area contributed by atoms with Gasteiger partial charge in [0.15, 0.2) is 0 Å². The molecule has 8 nitrogen and oxygen atoms in total. The summed E-state index contributed by atoms with van der Waals surface area (Å²) in [7, 11) is -3.01. The van der Waals surface area contributed by atoms with Crippen LogP contribution in [0.15, 0.2) is 102 Å². The molecule has 0 saturated heterocycles. The first-order valence-corrected chi connectivity index (χ1v) is 16.8. The molecule has 248 valence electrons. The SMILES string of the molecule is COc1ccc(Cl)cc1N(CC(=O)N(Cc1ccccc1F)[C@H](Cc1ccccc1)C(=O)NC(C)(C)C)S(=O)(=O)c1ccc(C)cc1. The van der Waals surface area contributed by atoms with Crippen molar-refractivity contribution in [1.29, 1.82) is 0 Å². The van der Waals surface area contributed by atoms with Crippen LogP contribution in [0.2, 0.25) is 5.02 Å². The third-order valence-electron chi connectivity index (χ3n) is 7.37. The molecule has 0 aromatic heterocycles. The van der Waals surface area contributed by atoms with E-state index in [1.165, 1.54) is 54.5 Å². The maximum Gasteiger partial charge on any atom is 0.264 e. The number of anilines is 1. The second-order valence-electron chi connectivity index (χ2n) is 12.2. The van der Waals surface area contributed by atoms with Crippen molar-refractivity contribution in [3.63, 3.8) is 0 Å². The molecule has 0 unspecified atom stereocenters. The minimum atomic E-state index is -4.39. The number of benzene rings is 4. The average molecular weight is 680 g/mol. The van der Waals surface area contributed by atoms with Crippen molar-refractivity contribution >= 4 is 39.1 Å². The first-order chi connectivity index (χ1) is 22.2. The van der Waals surface area contributed by atoms with Crippen LogP contribution in [0.4, 0.5) is 10.1 Å². The van der Waals surface area contributed by atoms with E-state index < -0.39 is 45.8 Å². The van der Waals surface area contributed by atoms with Crippen molar-refractivity contribution in [2.24, 2.45) is 0 Å². The number of hydrogen-bond acceptors (Lipinski definition) is 5. The first kappa shape index (κ1) is 35.4. The summed E-state index contributed by atoms with van der Waals surface area (Å²) >= 11 is 6.34. The van der Waals surface area contributed by atoms with Crippen LogP contribution in [0.1, 0.15) is 37.5 Å². The Morgan fingerprint density at radius 1 is 0.936 bits per heavy atom. The number of carbonyl (C=O) groups is 2. The smallest absolute Gasteiger partial charge is 0.264 e. The minimum absolute atomic E-state index is 0.0264. The highest BCUT2D eigenvalue weighted by Gasteiger charge is 2.36. The van der Waals surface area contributed by atoms with Gasteiger partial charge in [0.2, 0.25) is 11.8 Å². The molecule has 4 aromatic rings. The molecule has 0 saturated carbocycles. The Kier molecular flexibility index (Phi) is 11.3. The van der Waals surface area contributed by atoms with Crippen LogP contribution in [0.25, 0.3) is 0 Å². The largest absolute Gasteiger partial charge is 0.495 e. The van der Waals surface area contributed by atoms with Gasteiger partial charge in [-0.2, -0.15) is 0 Å². The molecule has 0 fully saturated rings. The van der Waals surface area contributed by atoms with Gasteiger partial charge in [-0.15, -0.1) is 0 Å². The summed E-state index contributed by atoms with van der Waals surface area (Å²) in [5.74, 6) is -1.62. The van der Waals surface area contributed by atoms with E-state index in [1.54, 1.807) is 24.3 Å². The van der Waals surface area contributed by atoms with Crippen LogP contribution >= 0.6 is 11.6 Å². The molecule has 0 aliphatic carbocycles. The van der Waals surface area contributed by atoms with Gasteiger partial charge in [0.25, 0.3) is 10.0 Å². The van der Waals surface area contributed by atoms with Gasteiger partial charge in [-0.05, 0) is 69.7 Å². The molecule has 0 heterocycles. The van der Waals surface area contributed by atoms with E-state index in [0.29, 0.717) is 0 Å². The van der Waals surface area contributed by atoms with Crippen molar-refractivity contribution in [3.05, 3.63) is 125 Å². The Labute approximate surface area is 281 Å².